The van der Waals surface area contributed by atoms with Crippen LogP contribution in [0.25, 0.3) is 0 Å². The van der Waals surface area contributed by atoms with Gasteiger partial charge in [-0.3, -0.25) is 0 Å². The predicted octanol–water partition coefficient (Wildman–Crippen LogP) is 2.65. The third-order valence-electron chi connectivity index (χ3n) is 3.70. The van der Waals surface area contributed by atoms with Crippen molar-refractivity contribution in [1.29, 1.82) is 0 Å². The second-order valence-corrected chi connectivity index (χ2v) is 7.97. The lowest BCUT2D eigenvalue weighted by Crippen LogP contribution is -2.36. The van der Waals surface area contributed by atoms with E-state index in [1.165, 1.54) is 17.4 Å². The molecule has 5 nitrogen and oxygen atoms in total. The van der Waals surface area contributed by atoms with Crippen molar-refractivity contribution in [1.82, 2.24) is 10.6 Å². The van der Waals surface area contributed by atoms with Crippen LogP contribution in [0, 0.1) is 6.92 Å². The molecule has 0 aliphatic rings. The van der Waals surface area contributed by atoms with Crippen molar-refractivity contribution in [3.05, 3.63) is 65.2 Å². The van der Waals surface area contributed by atoms with Gasteiger partial charge >= 0.3 is 0 Å². The Kier molecular flexibility index (Phi) is 6.58. The minimum absolute atomic E-state index is 0.324. The van der Waals surface area contributed by atoms with Gasteiger partial charge in [0.05, 0.1) is 11.4 Å². The van der Waals surface area contributed by atoms with Crippen LogP contribution < -0.4 is 10.6 Å². The minimum Gasteiger partial charge on any atom is -0.357 e. The van der Waals surface area contributed by atoms with Crippen LogP contribution in [0.2, 0.25) is 0 Å². The van der Waals surface area contributed by atoms with Crippen LogP contribution in [0.4, 0.5) is 0 Å². The zero-order valence-corrected chi connectivity index (χ0v) is 15.7. The largest absolute Gasteiger partial charge is 0.357 e. The van der Waals surface area contributed by atoms with Gasteiger partial charge in [0.15, 0.2) is 15.8 Å². The number of guanidine groups is 1. The normalized spacial score (nSPS) is 12.0. The van der Waals surface area contributed by atoms with E-state index < -0.39 is 9.84 Å². The summed E-state index contributed by atoms with van der Waals surface area (Å²) in [5.74, 6) is 0.732. The summed E-state index contributed by atoms with van der Waals surface area (Å²) < 4.78 is 23.0. The summed E-state index contributed by atoms with van der Waals surface area (Å²) >= 11 is 0. The zero-order chi connectivity index (χ0) is 18.3. The van der Waals surface area contributed by atoms with Gasteiger partial charge in [0.1, 0.15) is 0 Å². The van der Waals surface area contributed by atoms with Crippen molar-refractivity contribution in [3.8, 4) is 0 Å². The van der Waals surface area contributed by atoms with E-state index in [1.807, 2.05) is 6.92 Å². The average Bonchev–Trinajstić information content (AvgIpc) is 2.58. The Balaban J connectivity index is 2.00. The highest BCUT2D eigenvalue weighted by Crippen LogP contribution is 2.11. The van der Waals surface area contributed by atoms with Gasteiger partial charge in [-0.15, -0.1) is 0 Å². The molecule has 0 bridgehead atoms. The maximum absolute atomic E-state index is 11.5. The molecule has 0 amide bonds. The van der Waals surface area contributed by atoms with E-state index in [0.717, 1.165) is 18.1 Å². The first kappa shape index (κ1) is 19.0. The molecular formula is C19H25N3O2S. The molecule has 2 rings (SSSR count). The molecule has 0 atom stereocenters. The lowest BCUT2D eigenvalue weighted by Gasteiger charge is -2.11. The van der Waals surface area contributed by atoms with E-state index in [9.17, 15) is 8.42 Å². The topological polar surface area (TPSA) is 70.6 Å². The Morgan fingerprint density at radius 1 is 0.960 bits per heavy atom. The molecule has 0 heterocycles. The molecule has 0 aromatic heterocycles. The Morgan fingerprint density at radius 2 is 1.56 bits per heavy atom. The summed E-state index contributed by atoms with van der Waals surface area (Å²) in [5.41, 5.74) is 3.38. The summed E-state index contributed by atoms with van der Waals surface area (Å²) in [6.07, 6.45) is 1.21. The summed E-state index contributed by atoms with van der Waals surface area (Å²) in [6.45, 7) is 6.03. The SMILES string of the molecule is CCNC(=NCc1ccc(S(C)(=O)=O)cc1)NCc1ccc(C)cc1. The third-order valence-corrected chi connectivity index (χ3v) is 4.82. The Labute approximate surface area is 150 Å². The van der Waals surface area contributed by atoms with E-state index in [2.05, 4.69) is 46.8 Å². The van der Waals surface area contributed by atoms with Crippen LogP contribution in [0.5, 0.6) is 0 Å². The van der Waals surface area contributed by atoms with E-state index in [1.54, 1.807) is 24.3 Å². The summed E-state index contributed by atoms with van der Waals surface area (Å²) in [6, 6.07) is 15.2. The van der Waals surface area contributed by atoms with Crippen LogP contribution in [-0.2, 0) is 22.9 Å². The molecule has 25 heavy (non-hydrogen) atoms. The molecule has 0 spiro atoms. The number of benzene rings is 2. The lowest BCUT2D eigenvalue weighted by molar-refractivity contribution is 0.602. The Morgan fingerprint density at radius 3 is 2.12 bits per heavy atom. The van der Waals surface area contributed by atoms with Crippen molar-refractivity contribution in [3.63, 3.8) is 0 Å². The predicted molar refractivity (Wildman–Crippen MR) is 102 cm³/mol. The van der Waals surface area contributed by atoms with E-state index >= 15 is 0 Å². The fourth-order valence-electron chi connectivity index (χ4n) is 2.25. The first-order valence-corrected chi connectivity index (χ1v) is 10.1. The first-order valence-electron chi connectivity index (χ1n) is 8.25. The number of nitrogens with one attached hydrogen (secondary N) is 2. The van der Waals surface area contributed by atoms with Crippen LogP contribution in [-0.4, -0.2) is 27.2 Å². The van der Waals surface area contributed by atoms with Crippen LogP contribution >= 0.6 is 0 Å². The van der Waals surface area contributed by atoms with E-state index in [0.29, 0.717) is 18.0 Å². The van der Waals surface area contributed by atoms with E-state index in [-0.39, 0.29) is 0 Å². The number of aryl methyl sites for hydroxylation is 1. The molecule has 6 heteroatoms. The number of hydrogen-bond acceptors (Lipinski definition) is 3. The molecule has 0 unspecified atom stereocenters. The lowest BCUT2D eigenvalue weighted by atomic mass is 10.1. The zero-order valence-electron chi connectivity index (χ0n) is 14.9. The fourth-order valence-corrected chi connectivity index (χ4v) is 2.88. The van der Waals surface area contributed by atoms with Crippen LogP contribution in [0.1, 0.15) is 23.6 Å². The monoisotopic (exact) mass is 359 g/mol. The summed E-state index contributed by atoms with van der Waals surface area (Å²) in [7, 11) is -3.16. The van der Waals surface area contributed by atoms with Gasteiger partial charge in [-0.1, -0.05) is 42.0 Å². The van der Waals surface area contributed by atoms with E-state index in [4.69, 9.17) is 0 Å². The standard InChI is InChI=1S/C19H25N3O2S/c1-4-20-19(21-13-16-7-5-15(2)6-8-16)22-14-17-9-11-18(12-10-17)25(3,23)24/h5-12H,4,13-14H2,1-3H3,(H2,20,21,22). The van der Waals surface area contributed by atoms with Crippen molar-refractivity contribution in [2.45, 2.75) is 31.8 Å². The number of sulfone groups is 1. The molecule has 0 saturated heterocycles. The average molecular weight is 359 g/mol. The molecule has 2 N–H and O–H groups in total. The van der Waals surface area contributed by atoms with Gasteiger partial charge in [0.2, 0.25) is 0 Å². The van der Waals surface area contributed by atoms with Gasteiger partial charge < -0.3 is 10.6 Å². The van der Waals surface area contributed by atoms with Crippen molar-refractivity contribution < 1.29 is 8.42 Å². The molecule has 0 aliphatic heterocycles. The van der Waals surface area contributed by atoms with Gasteiger partial charge in [0.25, 0.3) is 0 Å². The number of rotatable bonds is 6. The molecule has 134 valence electrons. The number of nitrogens with zero attached hydrogens (tertiary/aromatic N) is 1. The number of aliphatic imine (C=N–C) groups is 1. The Hall–Kier alpha value is -2.34. The number of hydrogen-bond donors (Lipinski definition) is 2. The van der Waals surface area contributed by atoms with Gasteiger partial charge in [0, 0.05) is 19.3 Å². The molecule has 0 saturated carbocycles. The fraction of sp³-hybridized carbons (Fsp3) is 0.316. The van der Waals surface area contributed by atoms with Crippen molar-refractivity contribution in [2.24, 2.45) is 4.99 Å². The highest BCUT2D eigenvalue weighted by molar-refractivity contribution is 7.90. The second kappa shape index (κ2) is 8.67. The second-order valence-electron chi connectivity index (χ2n) is 5.95. The molecule has 2 aromatic rings. The van der Waals surface area contributed by atoms with Gasteiger partial charge in [-0.05, 0) is 37.1 Å². The van der Waals surface area contributed by atoms with Gasteiger partial charge in [-0.2, -0.15) is 0 Å². The van der Waals surface area contributed by atoms with Gasteiger partial charge in [-0.25, -0.2) is 13.4 Å². The summed E-state index contributed by atoms with van der Waals surface area (Å²) in [4.78, 5) is 4.88. The third kappa shape index (κ3) is 6.23. The van der Waals surface area contributed by atoms with Crippen LogP contribution in [0.3, 0.4) is 0 Å². The molecule has 0 aliphatic carbocycles. The van der Waals surface area contributed by atoms with Crippen LogP contribution in [0.15, 0.2) is 58.4 Å². The smallest absolute Gasteiger partial charge is 0.191 e. The molecular weight excluding hydrogens is 334 g/mol. The maximum Gasteiger partial charge on any atom is 0.191 e. The maximum atomic E-state index is 11.5. The highest BCUT2D eigenvalue weighted by atomic mass is 32.2. The molecule has 0 fully saturated rings. The van der Waals surface area contributed by atoms with Crippen molar-refractivity contribution >= 4 is 15.8 Å². The Bertz CT molecular complexity index is 811. The minimum atomic E-state index is -3.16. The summed E-state index contributed by atoms with van der Waals surface area (Å²) in [5, 5.41) is 6.52. The first-order chi connectivity index (χ1) is 11.9. The highest BCUT2D eigenvalue weighted by Gasteiger charge is 2.06. The molecule has 2 aromatic carbocycles. The molecule has 0 radical (unpaired) electrons. The quantitative estimate of drug-likeness (QED) is 0.614. The van der Waals surface area contributed by atoms with Crippen molar-refractivity contribution in [2.75, 3.05) is 12.8 Å².